The quantitative estimate of drug-likeness (QED) is 0.613. The summed E-state index contributed by atoms with van der Waals surface area (Å²) in [6, 6.07) is 11.3. The van der Waals surface area contributed by atoms with Crippen LogP contribution in [-0.4, -0.2) is 19.6 Å². The number of unbranched alkanes of at least 4 members (excludes halogenated alkanes) is 3. The van der Waals surface area contributed by atoms with Crippen molar-refractivity contribution in [3.05, 3.63) is 48.3 Å². The number of nitrogens with two attached hydrogens (primary N) is 1. The minimum absolute atomic E-state index is 0.0642. The fourth-order valence-electron chi connectivity index (χ4n) is 2.49. The van der Waals surface area contributed by atoms with Crippen molar-refractivity contribution in [2.75, 3.05) is 19.0 Å². The zero-order chi connectivity index (χ0) is 18.8. The highest BCUT2D eigenvalue weighted by molar-refractivity contribution is 5.90. The molecule has 0 heterocycles. The number of rotatable bonds is 10. The van der Waals surface area contributed by atoms with Crippen molar-refractivity contribution in [1.82, 2.24) is 0 Å². The summed E-state index contributed by atoms with van der Waals surface area (Å²) in [5, 5.41) is 2.70. The highest BCUT2D eigenvalue weighted by atomic mass is 19.1. The highest BCUT2D eigenvalue weighted by Crippen LogP contribution is 2.33. The molecule has 0 aliphatic rings. The lowest BCUT2D eigenvalue weighted by atomic mass is 10.1. The van der Waals surface area contributed by atoms with E-state index in [0.717, 1.165) is 25.7 Å². The maximum absolute atomic E-state index is 14.3. The van der Waals surface area contributed by atoms with Gasteiger partial charge in [0, 0.05) is 18.2 Å². The summed E-state index contributed by atoms with van der Waals surface area (Å²) < 4.78 is 25.0. The van der Waals surface area contributed by atoms with Crippen molar-refractivity contribution in [2.45, 2.75) is 32.1 Å². The molecule has 6 heteroatoms. The SMILES string of the molecule is COc1ccccc1Oc1ccc(NC(=O)CCCCCCN)cc1F. The number of methoxy groups -OCH3 is 1. The Morgan fingerprint density at radius 1 is 1.04 bits per heavy atom. The molecule has 5 nitrogen and oxygen atoms in total. The van der Waals surface area contributed by atoms with Crippen molar-refractivity contribution in [1.29, 1.82) is 0 Å². The molecule has 0 spiro atoms. The van der Waals surface area contributed by atoms with Crippen molar-refractivity contribution in [2.24, 2.45) is 5.73 Å². The molecule has 1 amide bonds. The van der Waals surface area contributed by atoms with E-state index in [1.165, 1.54) is 19.2 Å². The number of halogens is 1. The van der Waals surface area contributed by atoms with E-state index in [-0.39, 0.29) is 11.7 Å². The molecular weight excluding hydrogens is 335 g/mol. The van der Waals surface area contributed by atoms with E-state index in [0.29, 0.717) is 30.2 Å². The Balaban J connectivity index is 1.91. The summed E-state index contributed by atoms with van der Waals surface area (Å²) in [7, 11) is 1.52. The van der Waals surface area contributed by atoms with Gasteiger partial charge >= 0.3 is 0 Å². The predicted octanol–water partition coefficient (Wildman–Crippen LogP) is 4.47. The molecule has 2 rings (SSSR count). The first-order valence-electron chi connectivity index (χ1n) is 8.74. The van der Waals surface area contributed by atoms with Gasteiger partial charge in [0.05, 0.1) is 7.11 Å². The monoisotopic (exact) mass is 360 g/mol. The number of para-hydroxylation sites is 2. The molecule has 0 aliphatic carbocycles. The van der Waals surface area contributed by atoms with Gasteiger partial charge in [-0.2, -0.15) is 0 Å². The molecule has 2 aromatic carbocycles. The van der Waals surface area contributed by atoms with E-state index < -0.39 is 5.82 Å². The molecule has 0 atom stereocenters. The fourth-order valence-corrected chi connectivity index (χ4v) is 2.49. The van der Waals surface area contributed by atoms with Crippen LogP contribution in [0.25, 0.3) is 0 Å². The number of carbonyl (C=O) groups is 1. The van der Waals surface area contributed by atoms with Gasteiger partial charge in [-0.25, -0.2) is 4.39 Å². The van der Waals surface area contributed by atoms with Crippen LogP contribution in [0.4, 0.5) is 10.1 Å². The molecule has 0 aliphatic heterocycles. The van der Waals surface area contributed by atoms with Crippen LogP contribution < -0.4 is 20.5 Å². The van der Waals surface area contributed by atoms with Gasteiger partial charge in [-0.3, -0.25) is 4.79 Å². The van der Waals surface area contributed by atoms with Gasteiger partial charge in [0.2, 0.25) is 5.91 Å². The maximum atomic E-state index is 14.3. The van der Waals surface area contributed by atoms with Crippen LogP contribution in [0.5, 0.6) is 17.2 Å². The smallest absolute Gasteiger partial charge is 0.224 e. The number of hydrogen-bond acceptors (Lipinski definition) is 4. The average molecular weight is 360 g/mol. The Hall–Kier alpha value is -2.60. The van der Waals surface area contributed by atoms with E-state index in [2.05, 4.69) is 5.32 Å². The molecule has 0 radical (unpaired) electrons. The lowest BCUT2D eigenvalue weighted by molar-refractivity contribution is -0.116. The zero-order valence-electron chi connectivity index (χ0n) is 15.0. The second kappa shape index (κ2) is 10.4. The third kappa shape index (κ3) is 6.04. The van der Waals surface area contributed by atoms with E-state index in [1.807, 2.05) is 0 Å². The van der Waals surface area contributed by atoms with Crippen molar-refractivity contribution >= 4 is 11.6 Å². The van der Waals surface area contributed by atoms with E-state index in [1.54, 1.807) is 30.3 Å². The topological polar surface area (TPSA) is 73.6 Å². The second-order valence-electron chi connectivity index (χ2n) is 5.90. The Morgan fingerprint density at radius 2 is 1.77 bits per heavy atom. The summed E-state index contributed by atoms with van der Waals surface area (Å²) >= 11 is 0. The first-order chi connectivity index (χ1) is 12.6. The number of nitrogens with one attached hydrogen (secondary N) is 1. The summed E-state index contributed by atoms with van der Waals surface area (Å²) in [6.45, 7) is 0.675. The summed E-state index contributed by atoms with van der Waals surface area (Å²) in [4.78, 5) is 11.9. The Kier molecular flexibility index (Phi) is 7.89. The Labute approximate surface area is 153 Å². The highest BCUT2D eigenvalue weighted by Gasteiger charge is 2.11. The minimum atomic E-state index is -0.559. The summed E-state index contributed by atoms with van der Waals surface area (Å²) in [6.07, 6.45) is 4.16. The van der Waals surface area contributed by atoms with Crippen LogP contribution in [0.1, 0.15) is 32.1 Å². The Bertz CT molecular complexity index is 722. The molecular formula is C20H25FN2O3. The third-order valence-corrected chi connectivity index (χ3v) is 3.86. The largest absolute Gasteiger partial charge is 0.493 e. The molecule has 0 saturated heterocycles. The predicted molar refractivity (Wildman–Crippen MR) is 100 cm³/mol. The number of ether oxygens (including phenoxy) is 2. The van der Waals surface area contributed by atoms with Crippen LogP contribution >= 0.6 is 0 Å². The van der Waals surface area contributed by atoms with Crippen LogP contribution in [0.3, 0.4) is 0 Å². The first kappa shape index (κ1) is 19.7. The molecule has 140 valence electrons. The number of amides is 1. The number of anilines is 1. The maximum Gasteiger partial charge on any atom is 0.224 e. The number of carbonyl (C=O) groups excluding carboxylic acids is 1. The van der Waals surface area contributed by atoms with E-state index >= 15 is 0 Å². The van der Waals surface area contributed by atoms with Gasteiger partial charge < -0.3 is 20.5 Å². The summed E-state index contributed by atoms with van der Waals surface area (Å²) in [5.41, 5.74) is 5.84. The van der Waals surface area contributed by atoms with Crippen LogP contribution in [-0.2, 0) is 4.79 Å². The van der Waals surface area contributed by atoms with Gasteiger partial charge in [0.15, 0.2) is 23.1 Å². The Morgan fingerprint density at radius 3 is 2.46 bits per heavy atom. The van der Waals surface area contributed by atoms with E-state index in [9.17, 15) is 9.18 Å². The van der Waals surface area contributed by atoms with Crippen LogP contribution in [0.15, 0.2) is 42.5 Å². The van der Waals surface area contributed by atoms with Crippen LogP contribution in [0.2, 0.25) is 0 Å². The van der Waals surface area contributed by atoms with Gasteiger partial charge in [-0.05, 0) is 43.7 Å². The van der Waals surface area contributed by atoms with Gasteiger partial charge in [-0.1, -0.05) is 25.0 Å². The van der Waals surface area contributed by atoms with Gasteiger partial charge in [0.1, 0.15) is 0 Å². The number of hydrogen-bond donors (Lipinski definition) is 2. The van der Waals surface area contributed by atoms with Gasteiger partial charge in [0.25, 0.3) is 0 Å². The van der Waals surface area contributed by atoms with Crippen molar-refractivity contribution in [3.8, 4) is 17.2 Å². The fraction of sp³-hybridized carbons (Fsp3) is 0.350. The summed E-state index contributed by atoms with van der Waals surface area (Å²) in [5.74, 6) is 0.309. The lowest BCUT2D eigenvalue weighted by Crippen LogP contribution is -2.11. The van der Waals surface area contributed by atoms with Crippen molar-refractivity contribution < 1.29 is 18.7 Å². The standard InChI is InChI=1S/C20H25FN2O3/c1-25-18-8-5-6-9-19(18)26-17-12-11-15(14-16(17)21)23-20(24)10-4-2-3-7-13-22/h5-6,8-9,11-12,14H,2-4,7,10,13,22H2,1H3,(H,23,24). The molecule has 0 aromatic heterocycles. The molecule has 0 bridgehead atoms. The molecule has 3 N–H and O–H groups in total. The van der Waals surface area contributed by atoms with Gasteiger partial charge in [-0.15, -0.1) is 0 Å². The average Bonchev–Trinajstić information content (AvgIpc) is 2.64. The molecule has 0 fully saturated rings. The molecule has 0 saturated carbocycles. The molecule has 26 heavy (non-hydrogen) atoms. The first-order valence-corrected chi connectivity index (χ1v) is 8.74. The normalized spacial score (nSPS) is 10.4. The van der Waals surface area contributed by atoms with Crippen LogP contribution in [0, 0.1) is 5.82 Å². The van der Waals surface area contributed by atoms with Crippen molar-refractivity contribution in [3.63, 3.8) is 0 Å². The molecule has 0 unspecified atom stereocenters. The second-order valence-corrected chi connectivity index (χ2v) is 5.90. The number of benzene rings is 2. The molecule has 2 aromatic rings. The minimum Gasteiger partial charge on any atom is -0.493 e. The lowest BCUT2D eigenvalue weighted by Gasteiger charge is -2.12. The van der Waals surface area contributed by atoms with E-state index in [4.69, 9.17) is 15.2 Å². The third-order valence-electron chi connectivity index (χ3n) is 3.86. The zero-order valence-corrected chi connectivity index (χ0v) is 15.0.